The van der Waals surface area contributed by atoms with Gasteiger partial charge in [0.1, 0.15) is 6.54 Å². The fourth-order valence-electron chi connectivity index (χ4n) is 4.96. The maximum atomic E-state index is 13.8. The van der Waals surface area contributed by atoms with E-state index >= 15 is 0 Å². The number of rotatable bonds is 5. The summed E-state index contributed by atoms with van der Waals surface area (Å²) in [6.45, 7) is 0.403. The Morgan fingerprint density at radius 1 is 1.03 bits per heavy atom. The number of aryl methyl sites for hydroxylation is 1. The predicted molar refractivity (Wildman–Crippen MR) is 133 cm³/mol. The van der Waals surface area contributed by atoms with E-state index < -0.39 is 11.2 Å². The lowest BCUT2D eigenvalue weighted by Gasteiger charge is -2.38. The number of carbonyl (C=O) groups is 1. The topological polar surface area (TPSA) is 101 Å². The van der Waals surface area contributed by atoms with Crippen molar-refractivity contribution in [2.45, 2.75) is 19.0 Å². The largest absolute Gasteiger partial charge is 0.493 e. The molecule has 0 aliphatic carbocycles. The van der Waals surface area contributed by atoms with E-state index in [1.807, 2.05) is 47.4 Å². The smallest absolute Gasteiger partial charge is 0.332 e. The SMILES string of the molecule is COc1cc2c(cc1OC)[C@H](c1ccccc1)N(C(=O)Cn1cnc3c1c(=O)n(C)c(=O)n3C)CC2. The first-order chi connectivity index (χ1) is 17.3. The highest BCUT2D eigenvalue weighted by atomic mass is 16.5. The molecule has 2 aromatic heterocycles. The summed E-state index contributed by atoms with van der Waals surface area (Å²) < 4.78 is 14.9. The lowest BCUT2D eigenvalue weighted by Crippen LogP contribution is -2.42. The zero-order valence-corrected chi connectivity index (χ0v) is 20.6. The number of carbonyl (C=O) groups excluding carboxylic acids is 1. The number of aromatic nitrogens is 4. The average Bonchev–Trinajstić information content (AvgIpc) is 3.33. The Bertz CT molecular complexity index is 1580. The van der Waals surface area contributed by atoms with Gasteiger partial charge in [0.25, 0.3) is 5.56 Å². The van der Waals surface area contributed by atoms with Crippen LogP contribution >= 0.6 is 0 Å². The van der Waals surface area contributed by atoms with Crippen LogP contribution in [0.1, 0.15) is 22.7 Å². The summed E-state index contributed by atoms with van der Waals surface area (Å²) in [6.07, 6.45) is 2.08. The molecule has 2 aromatic carbocycles. The molecule has 186 valence electrons. The standard InChI is InChI=1S/C26H27N5O5/c1-28-24-23(25(33)29(2)26(28)34)30(15-27-24)14-21(32)31-11-10-17-12-19(35-3)20(36-4)13-18(17)22(31)16-8-6-5-7-9-16/h5-9,12-13,15,22H,10-11,14H2,1-4H3/t22-/m0/s1. The molecule has 4 aromatic rings. The van der Waals surface area contributed by atoms with Crippen molar-refractivity contribution in [3.05, 3.63) is 86.3 Å². The Morgan fingerprint density at radius 2 is 1.72 bits per heavy atom. The van der Waals surface area contributed by atoms with Crippen LogP contribution in [-0.4, -0.2) is 50.3 Å². The molecule has 0 radical (unpaired) electrons. The summed E-state index contributed by atoms with van der Waals surface area (Å²) in [5, 5.41) is 0. The summed E-state index contributed by atoms with van der Waals surface area (Å²) in [5.41, 5.74) is 2.52. The Balaban J connectivity index is 1.58. The Kier molecular flexibility index (Phi) is 5.87. The van der Waals surface area contributed by atoms with Crippen LogP contribution in [0.4, 0.5) is 0 Å². The minimum atomic E-state index is -0.487. The Morgan fingerprint density at radius 3 is 2.42 bits per heavy atom. The molecular weight excluding hydrogens is 462 g/mol. The molecule has 0 N–H and O–H groups in total. The van der Waals surface area contributed by atoms with Crippen LogP contribution in [0.25, 0.3) is 11.2 Å². The molecule has 0 spiro atoms. The number of hydrogen-bond donors (Lipinski definition) is 0. The lowest BCUT2D eigenvalue weighted by atomic mass is 9.87. The van der Waals surface area contributed by atoms with Gasteiger partial charge in [-0.2, -0.15) is 0 Å². The fourth-order valence-corrected chi connectivity index (χ4v) is 4.96. The maximum absolute atomic E-state index is 13.8. The number of amides is 1. The normalized spacial score (nSPS) is 15.1. The van der Waals surface area contributed by atoms with E-state index in [1.54, 1.807) is 21.3 Å². The number of fused-ring (bicyclic) bond motifs is 2. The summed E-state index contributed by atoms with van der Waals surface area (Å²) in [6, 6.07) is 13.4. The zero-order valence-electron chi connectivity index (χ0n) is 20.6. The Labute approximate surface area is 206 Å². The summed E-state index contributed by atoms with van der Waals surface area (Å²) in [5.74, 6) is 1.07. The van der Waals surface area contributed by atoms with Crippen molar-refractivity contribution in [1.82, 2.24) is 23.6 Å². The number of benzene rings is 2. The number of methoxy groups -OCH3 is 2. The number of ether oxygens (including phenoxy) is 2. The van der Waals surface area contributed by atoms with E-state index in [4.69, 9.17) is 9.47 Å². The molecule has 5 rings (SSSR count). The van der Waals surface area contributed by atoms with Crippen molar-refractivity contribution in [1.29, 1.82) is 0 Å². The van der Waals surface area contributed by atoms with Crippen LogP contribution < -0.4 is 20.7 Å². The highest BCUT2D eigenvalue weighted by Crippen LogP contribution is 2.41. The van der Waals surface area contributed by atoms with Crippen LogP contribution in [0.15, 0.2) is 58.4 Å². The molecule has 1 amide bonds. The predicted octanol–water partition coefficient (Wildman–Crippen LogP) is 1.63. The molecule has 1 atom stereocenters. The number of hydrogen-bond acceptors (Lipinski definition) is 6. The van der Waals surface area contributed by atoms with Crippen LogP contribution in [0.2, 0.25) is 0 Å². The Hall–Kier alpha value is -4.34. The minimum Gasteiger partial charge on any atom is -0.493 e. The number of imidazole rings is 1. The monoisotopic (exact) mass is 489 g/mol. The average molecular weight is 490 g/mol. The van der Waals surface area contributed by atoms with Gasteiger partial charge in [0.2, 0.25) is 5.91 Å². The van der Waals surface area contributed by atoms with Crippen LogP contribution in [-0.2, 0) is 31.9 Å². The lowest BCUT2D eigenvalue weighted by molar-refractivity contribution is -0.133. The first kappa shape index (κ1) is 23.4. The highest BCUT2D eigenvalue weighted by Gasteiger charge is 2.33. The van der Waals surface area contributed by atoms with Crippen molar-refractivity contribution in [3.63, 3.8) is 0 Å². The second kappa shape index (κ2) is 9.03. The van der Waals surface area contributed by atoms with Gasteiger partial charge < -0.3 is 18.9 Å². The van der Waals surface area contributed by atoms with Crippen molar-refractivity contribution >= 4 is 17.1 Å². The first-order valence-electron chi connectivity index (χ1n) is 11.6. The van der Waals surface area contributed by atoms with Gasteiger partial charge in [-0.3, -0.25) is 18.7 Å². The van der Waals surface area contributed by atoms with Crippen molar-refractivity contribution in [2.24, 2.45) is 14.1 Å². The molecule has 0 bridgehead atoms. The molecule has 0 saturated heterocycles. The van der Waals surface area contributed by atoms with E-state index in [2.05, 4.69) is 4.98 Å². The van der Waals surface area contributed by atoms with E-state index in [-0.39, 0.29) is 29.7 Å². The fraction of sp³-hybridized carbons (Fsp3) is 0.308. The van der Waals surface area contributed by atoms with E-state index in [1.165, 1.54) is 22.5 Å². The third-order valence-electron chi connectivity index (χ3n) is 6.83. The molecular formula is C26H27N5O5. The summed E-state index contributed by atoms with van der Waals surface area (Å²) in [4.78, 5) is 45.0. The maximum Gasteiger partial charge on any atom is 0.332 e. The molecule has 1 aliphatic heterocycles. The van der Waals surface area contributed by atoms with Gasteiger partial charge in [-0.05, 0) is 35.2 Å². The third kappa shape index (κ3) is 3.65. The molecule has 0 unspecified atom stereocenters. The van der Waals surface area contributed by atoms with Crippen molar-refractivity contribution in [2.75, 3.05) is 20.8 Å². The second-order valence-corrected chi connectivity index (χ2v) is 8.81. The molecule has 0 fully saturated rings. The molecule has 10 nitrogen and oxygen atoms in total. The van der Waals surface area contributed by atoms with Crippen LogP contribution in [0.5, 0.6) is 11.5 Å². The van der Waals surface area contributed by atoms with E-state index in [9.17, 15) is 14.4 Å². The van der Waals surface area contributed by atoms with Gasteiger partial charge in [0, 0.05) is 20.6 Å². The van der Waals surface area contributed by atoms with Crippen molar-refractivity contribution in [3.8, 4) is 11.5 Å². The summed E-state index contributed by atoms with van der Waals surface area (Å²) in [7, 11) is 6.16. The van der Waals surface area contributed by atoms with Crippen molar-refractivity contribution < 1.29 is 14.3 Å². The number of nitrogens with zero attached hydrogens (tertiary/aromatic N) is 5. The van der Waals surface area contributed by atoms with Gasteiger partial charge >= 0.3 is 5.69 Å². The minimum absolute atomic E-state index is 0.0874. The molecule has 1 aliphatic rings. The van der Waals surface area contributed by atoms with Crippen LogP contribution in [0, 0.1) is 0 Å². The molecule has 3 heterocycles. The molecule has 10 heteroatoms. The van der Waals surface area contributed by atoms with Crippen LogP contribution in [0.3, 0.4) is 0 Å². The quantitative estimate of drug-likeness (QED) is 0.422. The highest BCUT2D eigenvalue weighted by molar-refractivity contribution is 5.80. The van der Waals surface area contributed by atoms with E-state index in [0.717, 1.165) is 21.3 Å². The van der Waals surface area contributed by atoms with Gasteiger partial charge in [0.15, 0.2) is 22.7 Å². The van der Waals surface area contributed by atoms with Gasteiger partial charge in [0.05, 0.1) is 26.6 Å². The summed E-state index contributed by atoms with van der Waals surface area (Å²) >= 11 is 0. The molecule has 0 saturated carbocycles. The van der Waals surface area contributed by atoms with E-state index in [0.29, 0.717) is 24.5 Å². The zero-order chi connectivity index (χ0) is 25.6. The van der Waals surface area contributed by atoms with Gasteiger partial charge in [-0.1, -0.05) is 30.3 Å². The van der Waals surface area contributed by atoms with Gasteiger partial charge in [-0.15, -0.1) is 0 Å². The first-order valence-corrected chi connectivity index (χ1v) is 11.6. The molecule has 36 heavy (non-hydrogen) atoms. The third-order valence-corrected chi connectivity index (χ3v) is 6.83. The van der Waals surface area contributed by atoms with Gasteiger partial charge in [-0.25, -0.2) is 9.78 Å². The second-order valence-electron chi connectivity index (χ2n) is 8.81.